The average Bonchev–Trinajstić information content (AvgIpc) is 2.96. The number of halogens is 4. The molecule has 0 aliphatic heterocycles. The summed E-state index contributed by atoms with van der Waals surface area (Å²) in [6.07, 6.45) is -4.35. The van der Waals surface area contributed by atoms with Gasteiger partial charge in [0.25, 0.3) is 0 Å². The fourth-order valence-corrected chi connectivity index (χ4v) is 2.80. The van der Waals surface area contributed by atoms with Crippen molar-refractivity contribution >= 4 is 28.6 Å². The molecule has 8 heteroatoms. The summed E-state index contributed by atoms with van der Waals surface area (Å²) in [5.41, 5.74) is 2.38. The highest BCUT2D eigenvalue weighted by Crippen LogP contribution is 2.30. The zero-order valence-electron chi connectivity index (χ0n) is 12.2. The SMILES string of the molecule is FC(F)(F)c1ccc(/N=c2\scnn2Cc2ccc(Cl)cc2)cc1. The topological polar surface area (TPSA) is 30.2 Å². The van der Waals surface area contributed by atoms with Crippen molar-refractivity contribution in [1.82, 2.24) is 9.78 Å². The van der Waals surface area contributed by atoms with E-state index >= 15 is 0 Å². The second-order valence-electron chi connectivity index (χ2n) is 4.96. The van der Waals surface area contributed by atoms with Crippen molar-refractivity contribution in [2.24, 2.45) is 4.99 Å². The van der Waals surface area contributed by atoms with Crippen LogP contribution in [0.5, 0.6) is 0 Å². The minimum absolute atomic E-state index is 0.442. The van der Waals surface area contributed by atoms with E-state index in [2.05, 4.69) is 10.1 Å². The first-order valence-electron chi connectivity index (χ1n) is 6.89. The van der Waals surface area contributed by atoms with Gasteiger partial charge in [-0.15, -0.1) is 0 Å². The van der Waals surface area contributed by atoms with Crippen LogP contribution in [0.4, 0.5) is 18.9 Å². The van der Waals surface area contributed by atoms with Gasteiger partial charge in [0.15, 0.2) is 0 Å². The smallest absolute Gasteiger partial charge is 0.234 e. The third-order valence-electron chi connectivity index (χ3n) is 3.23. The van der Waals surface area contributed by atoms with E-state index in [0.29, 0.717) is 22.1 Å². The van der Waals surface area contributed by atoms with Crippen LogP contribution in [-0.4, -0.2) is 9.78 Å². The van der Waals surface area contributed by atoms with Crippen molar-refractivity contribution in [3.8, 4) is 0 Å². The lowest BCUT2D eigenvalue weighted by atomic mass is 10.2. The number of hydrogen-bond acceptors (Lipinski definition) is 3. The molecule has 0 N–H and O–H groups in total. The van der Waals surface area contributed by atoms with E-state index in [1.807, 2.05) is 12.1 Å². The van der Waals surface area contributed by atoms with Crippen molar-refractivity contribution in [2.75, 3.05) is 0 Å². The van der Waals surface area contributed by atoms with Crippen LogP contribution < -0.4 is 4.80 Å². The Morgan fingerprint density at radius 3 is 2.33 bits per heavy atom. The van der Waals surface area contributed by atoms with Gasteiger partial charge in [-0.2, -0.15) is 18.3 Å². The van der Waals surface area contributed by atoms with E-state index in [1.165, 1.54) is 23.5 Å². The van der Waals surface area contributed by atoms with Crippen LogP contribution in [0.2, 0.25) is 5.02 Å². The summed E-state index contributed by atoms with van der Waals surface area (Å²) in [5, 5.41) is 4.87. The second kappa shape index (κ2) is 6.78. The highest BCUT2D eigenvalue weighted by molar-refractivity contribution is 7.06. The van der Waals surface area contributed by atoms with Gasteiger partial charge in [0.1, 0.15) is 5.51 Å². The molecule has 0 fully saturated rings. The summed E-state index contributed by atoms with van der Waals surface area (Å²) < 4.78 is 39.4. The second-order valence-corrected chi connectivity index (χ2v) is 6.21. The van der Waals surface area contributed by atoms with Crippen LogP contribution in [0.3, 0.4) is 0 Å². The Morgan fingerprint density at radius 2 is 1.71 bits per heavy atom. The van der Waals surface area contributed by atoms with Gasteiger partial charge < -0.3 is 0 Å². The summed E-state index contributed by atoms with van der Waals surface area (Å²) in [6, 6.07) is 12.1. The first-order chi connectivity index (χ1) is 11.4. The van der Waals surface area contributed by atoms with Gasteiger partial charge in [-0.1, -0.05) is 35.1 Å². The van der Waals surface area contributed by atoms with Crippen molar-refractivity contribution < 1.29 is 13.2 Å². The van der Waals surface area contributed by atoms with Gasteiger partial charge in [-0.05, 0) is 42.0 Å². The molecule has 0 unspecified atom stereocenters. The lowest BCUT2D eigenvalue weighted by Gasteiger charge is -2.05. The monoisotopic (exact) mass is 369 g/mol. The van der Waals surface area contributed by atoms with Crippen LogP contribution in [0, 0.1) is 0 Å². The fourth-order valence-electron chi connectivity index (χ4n) is 2.03. The molecule has 3 nitrogen and oxygen atoms in total. The van der Waals surface area contributed by atoms with E-state index in [1.54, 1.807) is 22.3 Å². The third kappa shape index (κ3) is 4.04. The van der Waals surface area contributed by atoms with Gasteiger partial charge in [0.2, 0.25) is 4.80 Å². The molecule has 2 aromatic carbocycles. The third-order valence-corrected chi connectivity index (χ3v) is 4.19. The summed E-state index contributed by atoms with van der Waals surface area (Å²) in [7, 11) is 0. The van der Waals surface area contributed by atoms with Crippen molar-refractivity contribution in [3.63, 3.8) is 0 Å². The molecule has 0 aliphatic rings. The molecule has 0 atom stereocenters. The molecule has 0 aliphatic carbocycles. The highest BCUT2D eigenvalue weighted by Gasteiger charge is 2.29. The largest absolute Gasteiger partial charge is 0.416 e. The molecular formula is C16H11ClF3N3S. The maximum Gasteiger partial charge on any atom is 0.416 e. The Labute approximate surface area is 144 Å². The Morgan fingerprint density at radius 1 is 1.04 bits per heavy atom. The number of benzene rings is 2. The summed E-state index contributed by atoms with van der Waals surface area (Å²) >= 11 is 7.17. The number of hydrogen-bond donors (Lipinski definition) is 0. The Bertz CT molecular complexity index is 880. The molecule has 24 heavy (non-hydrogen) atoms. The van der Waals surface area contributed by atoms with E-state index in [9.17, 15) is 13.2 Å². The van der Waals surface area contributed by atoms with Gasteiger partial charge >= 0.3 is 6.18 Å². The van der Waals surface area contributed by atoms with Crippen LogP contribution in [0.15, 0.2) is 59.0 Å². The molecule has 1 aromatic heterocycles. The van der Waals surface area contributed by atoms with Crippen LogP contribution in [0.1, 0.15) is 11.1 Å². The van der Waals surface area contributed by atoms with Crippen LogP contribution in [0.25, 0.3) is 0 Å². The Kier molecular flexibility index (Phi) is 4.73. The standard InChI is InChI=1S/C16H11ClF3N3S/c17-13-5-1-11(2-6-13)9-23-15(24-10-21-23)22-14-7-3-12(4-8-14)16(18,19)20/h1-8,10H,9H2/b22-15-. The molecule has 124 valence electrons. The number of alkyl halides is 3. The lowest BCUT2D eigenvalue weighted by Crippen LogP contribution is -2.16. The molecule has 0 amide bonds. The Hall–Kier alpha value is -2.12. The average molecular weight is 370 g/mol. The normalized spacial score (nSPS) is 12.6. The van der Waals surface area contributed by atoms with E-state index in [-0.39, 0.29) is 0 Å². The van der Waals surface area contributed by atoms with Crippen molar-refractivity contribution in [2.45, 2.75) is 12.7 Å². The Balaban J connectivity index is 1.86. The zero-order valence-corrected chi connectivity index (χ0v) is 13.7. The minimum Gasteiger partial charge on any atom is -0.234 e. The molecule has 3 rings (SSSR count). The number of nitrogens with zero attached hydrogens (tertiary/aromatic N) is 3. The van der Waals surface area contributed by atoms with E-state index in [0.717, 1.165) is 17.7 Å². The summed E-state index contributed by atoms with van der Waals surface area (Å²) in [5.74, 6) is 0. The summed E-state index contributed by atoms with van der Waals surface area (Å²) in [4.78, 5) is 4.97. The zero-order chi connectivity index (χ0) is 17.2. The fraction of sp³-hybridized carbons (Fsp3) is 0.125. The molecule has 0 radical (unpaired) electrons. The van der Waals surface area contributed by atoms with Gasteiger partial charge in [0.05, 0.1) is 17.8 Å². The van der Waals surface area contributed by atoms with Crippen molar-refractivity contribution in [3.05, 3.63) is 75.0 Å². The quantitative estimate of drug-likeness (QED) is 0.646. The number of rotatable bonds is 3. The lowest BCUT2D eigenvalue weighted by molar-refractivity contribution is -0.137. The predicted octanol–water partition coefficient (Wildman–Crippen LogP) is 4.90. The van der Waals surface area contributed by atoms with E-state index < -0.39 is 11.7 Å². The maximum atomic E-state index is 12.6. The molecule has 0 saturated heterocycles. The first-order valence-corrected chi connectivity index (χ1v) is 8.14. The van der Waals surface area contributed by atoms with Gasteiger partial charge in [-0.3, -0.25) is 0 Å². The highest BCUT2D eigenvalue weighted by atomic mass is 35.5. The van der Waals surface area contributed by atoms with Crippen LogP contribution in [-0.2, 0) is 12.7 Å². The van der Waals surface area contributed by atoms with Gasteiger partial charge in [-0.25, -0.2) is 9.67 Å². The molecule has 0 bridgehead atoms. The predicted molar refractivity (Wildman–Crippen MR) is 87.3 cm³/mol. The van der Waals surface area contributed by atoms with Gasteiger partial charge in [0, 0.05) is 5.02 Å². The molecule has 0 saturated carbocycles. The molecule has 0 spiro atoms. The van der Waals surface area contributed by atoms with E-state index in [4.69, 9.17) is 11.6 Å². The van der Waals surface area contributed by atoms with Crippen molar-refractivity contribution in [1.29, 1.82) is 0 Å². The van der Waals surface area contributed by atoms with Crippen LogP contribution >= 0.6 is 22.9 Å². The molecule has 3 aromatic rings. The maximum absolute atomic E-state index is 12.6. The molecule has 1 heterocycles. The molecular weight excluding hydrogens is 359 g/mol. The minimum atomic E-state index is -4.35. The number of aromatic nitrogens is 2. The summed E-state index contributed by atoms with van der Waals surface area (Å²) in [6.45, 7) is 0.500. The first kappa shape index (κ1) is 16.7.